The van der Waals surface area contributed by atoms with E-state index in [1.54, 1.807) is 0 Å². The minimum absolute atomic E-state index is 0.124. The zero-order valence-electron chi connectivity index (χ0n) is 13.0. The van der Waals surface area contributed by atoms with E-state index in [1.807, 2.05) is 18.2 Å². The number of rotatable bonds is 7. The molecule has 1 aromatic rings. The van der Waals surface area contributed by atoms with Gasteiger partial charge in [0, 0.05) is 6.61 Å². The number of fused-ring (bicyclic) bond motifs is 1. The molecule has 0 heterocycles. The summed E-state index contributed by atoms with van der Waals surface area (Å²) in [6.07, 6.45) is 4.86. The second-order valence-corrected chi connectivity index (χ2v) is 6.11. The molecule has 0 bridgehead atoms. The van der Waals surface area contributed by atoms with Gasteiger partial charge in [0.25, 0.3) is 0 Å². The molecular formula is C18H28O3. The van der Waals surface area contributed by atoms with Gasteiger partial charge in [-0.05, 0) is 49.1 Å². The molecule has 3 nitrogen and oxygen atoms in total. The number of aliphatic hydroxyl groups excluding tert-OH is 2. The maximum atomic E-state index is 10.6. The van der Waals surface area contributed by atoms with Crippen molar-refractivity contribution in [2.24, 2.45) is 5.92 Å². The molecule has 21 heavy (non-hydrogen) atoms. The Bertz CT molecular complexity index is 419. The number of benzene rings is 1. The van der Waals surface area contributed by atoms with E-state index in [0.717, 1.165) is 37.7 Å². The Labute approximate surface area is 128 Å². The third-order valence-corrected chi connectivity index (χ3v) is 4.37. The van der Waals surface area contributed by atoms with E-state index < -0.39 is 12.2 Å². The molecule has 0 saturated carbocycles. The highest BCUT2D eigenvalue weighted by atomic mass is 16.5. The van der Waals surface area contributed by atoms with Crippen LogP contribution < -0.4 is 0 Å². The zero-order valence-corrected chi connectivity index (χ0v) is 13.0. The van der Waals surface area contributed by atoms with Crippen molar-refractivity contribution >= 4 is 0 Å². The van der Waals surface area contributed by atoms with Crippen LogP contribution in [0, 0.1) is 5.92 Å². The van der Waals surface area contributed by atoms with Gasteiger partial charge in [-0.3, -0.25) is 0 Å². The number of hydrogen-bond acceptors (Lipinski definition) is 3. The van der Waals surface area contributed by atoms with Gasteiger partial charge >= 0.3 is 0 Å². The Morgan fingerprint density at radius 2 is 2.14 bits per heavy atom. The van der Waals surface area contributed by atoms with E-state index in [1.165, 1.54) is 5.56 Å². The molecule has 1 aliphatic carbocycles. The summed E-state index contributed by atoms with van der Waals surface area (Å²) in [7, 11) is 0. The Morgan fingerprint density at radius 1 is 1.33 bits per heavy atom. The highest BCUT2D eigenvalue weighted by Crippen LogP contribution is 2.35. The van der Waals surface area contributed by atoms with Crippen molar-refractivity contribution in [1.82, 2.24) is 0 Å². The predicted octanol–water partition coefficient (Wildman–Crippen LogP) is 3.24. The van der Waals surface area contributed by atoms with Crippen molar-refractivity contribution < 1.29 is 14.9 Å². The summed E-state index contributed by atoms with van der Waals surface area (Å²) in [5.74, 6) is 0.124. The fraction of sp³-hybridized carbons (Fsp3) is 0.667. The van der Waals surface area contributed by atoms with Crippen LogP contribution in [0.3, 0.4) is 0 Å². The van der Waals surface area contributed by atoms with E-state index in [4.69, 9.17) is 4.74 Å². The van der Waals surface area contributed by atoms with Crippen molar-refractivity contribution in [2.45, 2.75) is 57.7 Å². The van der Waals surface area contributed by atoms with Crippen LogP contribution >= 0.6 is 0 Å². The number of aryl methyl sites for hydroxylation is 1. The van der Waals surface area contributed by atoms with Gasteiger partial charge in [-0.25, -0.2) is 0 Å². The lowest BCUT2D eigenvalue weighted by Crippen LogP contribution is -2.23. The highest BCUT2D eigenvalue weighted by Gasteiger charge is 2.27. The molecular weight excluding hydrogens is 264 g/mol. The Morgan fingerprint density at radius 3 is 2.95 bits per heavy atom. The molecule has 0 radical (unpaired) electrons. The molecule has 0 saturated heterocycles. The first-order valence-electron chi connectivity index (χ1n) is 8.24. The van der Waals surface area contributed by atoms with Crippen LogP contribution in [0.25, 0.3) is 0 Å². The number of aliphatic hydroxyl groups is 2. The molecule has 3 unspecified atom stereocenters. The van der Waals surface area contributed by atoms with Crippen LogP contribution in [0.15, 0.2) is 24.3 Å². The van der Waals surface area contributed by atoms with E-state index >= 15 is 0 Å². The van der Waals surface area contributed by atoms with Crippen LogP contribution in [0.1, 0.15) is 56.3 Å². The summed E-state index contributed by atoms with van der Waals surface area (Å²) in [5.41, 5.74) is 2.29. The molecule has 0 amide bonds. The smallest absolute Gasteiger partial charge is 0.0821 e. The van der Waals surface area contributed by atoms with Gasteiger partial charge in [0.1, 0.15) is 0 Å². The first-order chi connectivity index (χ1) is 10.2. The number of unbranched alkanes of at least 4 members (excludes halogenated alkanes) is 1. The monoisotopic (exact) mass is 292 g/mol. The molecule has 2 rings (SSSR count). The molecule has 2 N–H and O–H groups in total. The van der Waals surface area contributed by atoms with Gasteiger partial charge in [0.05, 0.1) is 18.8 Å². The SMILES string of the molecule is CCCCOCC(O)CC1CCCc2ccccc2C1O. The second-order valence-electron chi connectivity index (χ2n) is 6.11. The summed E-state index contributed by atoms with van der Waals surface area (Å²) in [5, 5.41) is 20.7. The lowest BCUT2D eigenvalue weighted by Gasteiger charge is -2.24. The van der Waals surface area contributed by atoms with Gasteiger partial charge in [-0.15, -0.1) is 0 Å². The van der Waals surface area contributed by atoms with Gasteiger partial charge < -0.3 is 14.9 Å². The Hall–Kier alpha value is -0.900. The molecule has 0 aliphatic heterocycles. The Balaban J connectivity index is 1.88. The van der Waals surface area contributed by atoms with Gasteiger partial charge in [-0.2, -0.15) is 0 Å². The van der Waals surface area contributed by atoms with E-state index in [-0.39, 0.29) is 5.92 Å². The topological polar surface area (TPSA) is 49.7 Å². The normalized spacial score (nSPS) is 23.4. The van der Waals surface area contributed by atoms with Gasteiger partial charge in [-0.1, -0.05) is 37.6 Å². The summed E-state index contributed by atoms with van der Waals surface area (Å²) < 4.78 is 5.48. The standard InChI is InChI=1S/C18H28O3/c1-2-3-11-21-13-16(19)12-15-9-6-8-14-7-4-5-10-17(14)18(15)20/h4-5,7,10,15-16,18-20H,2-3,6,8-9,11-13H2,1H3. The summed E-state index contributed by atoms with van der Waals surface area (Å²) >= 11 is 0. The minimum atomic E-state index is -0.480. The van der Waals surface area contributed by atoms with Gasteiger partial charge in [0.15, 0.2) is 0 Å². The molecule has 118 valence electrons. The van der Waals surface area contributed by atoms with E-state index in [9.17, 15) is 10.2 Å². The number of hydrogen-bond donors (Lipinski definition) is 2. The van der Waals surface area contributed by atoms with E-state index in [2.05, 4.69) is 13.0 Å². The van der Waals surface area contributed by atoms with E-state index in [0.29, 0.717) is 19.6 Å². The summed E-state index contributed by atoms with van der Waals surface area (Å²) in [4.78, 5) is 0. The molecule has 3 atom stereocenters. The molecule has 1 aliphatic rings. The van der Waals surface area contributed by atoms with Crippen molar-refractivity contribution in [3.05, 3.63) is 35.4 Å². The first kappa shape index (κ1) is 16.5. The van der Waals surface area contributed by atoms with Crippen molar-refractivity contribution in [2.75, 3.05) is 13.2 Å². The lowest BCUT2D eigenvalue weighted by molar-refractivity contribution is 0.00250. The fourth-order valence-corrected chi connectivity index (χ4v) is 3.15. The second kappa shape index (κ2) is 8.52. The predicted molar refractivity (Wildman–Crippen MR) is 84.2 cm³/mol. The quantitative estimate of drug-likeness (QED) is 0.599. The van der Waals surface area contributed by atoms with Crippen molar-refractivity contribution in [1.29, 1.82) is 0 Å². The van der Waals surface area contributed by atoms with Gasteiger partial charge in [0.2, 0.25) is 0 Å². The highest BCUT2D eigenvalue weighted by molar-refractivity contribution is 5.30. The van der Waals surface area contributed by atoms with Crippen LogP contribution in [0.2, 0.25) is 0 Å². The summed E-state index contributed by atoms with van der Waals surface area (Å²) in [6.45, 7) is 3.22. The third-order valence-electron chi connectivity index (χ3n) is 4.37. The van der Waals surface area contributed by atoms with Crippen LogP contribution in [-0.4, -0.2) is 29.5 Å². The lowest BCUT2D eigenvalue weighted by atomic mass is 9.89. The number of ether oxygens (including phenoxy) is 1. The van der Waals surface area contributed by atoms with Crippen LogP contribution in [-0.2, 0) is 11.2 Å². The molecule has 0 spiro atoms. The van der Waals surface area contributed by atoms with Crippen molar-refractivity contribution in [3.8, 4) is 0 Å². The Kier molecular flexibility index (Phi) is 6.68. The first-order valence-corrected chi connectivity index (χ1v) is 8.24. The van der Waals surface area contributed by atoms with Crippen LogP contribution in [0.5, 0.6) is 0 Å². The maximum absolute atomic E-state index is 10.6. The average molecular weight is 292 g/mol. The van der Waals surface area contributed by atoms with Crippen LogP contribution in [0.4, 0.5) is 0 Å². The molecule has 1 aromatic carbocycles. The molecule has 3 heteroatoms. The maximum Gasteiger partial charge on any atom is 0.0821 e. The minimum Gasteiger partial charge on any atom is -0.391 e. The molecule has 0 fully saturated rings. The zero-order chi connectivity index (χ0) is 15.1. The third kappa shape index (κ3) is 4.80. The summed E-state index contributed by atoms with van der Waals surface area (Å²) in [6, 6.07) is 8.13. The largest absolute Gasteiger partial charge is 0.391 e. The van der Waals surface area contributed by atoms with Crippen molar-refractivity contribution in [3.63, 3.8) is 0 Å². The average Bonchev–Trinajstić information content (AvgIpc) is 2.64. The fourth-order valence-electron chi connectivity index (χ4n) is 3.15. The molecule has 0 aromatic heterocycles.